The van der Waals surface area contributed by atoms with Gasteiger partial charge in [-0.1, -0.05) is 42.7 Å². The van der Waals surface area contributed by atoms with Gasteiger partial charge in [0.25, 0.3) is 0 Å². The predicted molar refractivity (Wildman–Crippen MR) is 77.0 cm³/mol. The topological polar surface area (TPSA) is 3.24 Å². The monoisotopic (exact) mass is 243 g/mol. The van der Waals surface area contributed by atoms with E-state index in [-0.39, 0.29) is 0 Å². The molecule has 0 unspecified atom stereocenters. The lowest BCUT2D eigenvalue weighted by molar-refractivity contribution is 0.154. The molecule has 0 N–H and O–H groups in total. The summed E-state index contributed by atoms with van der Waals surface area (Å²) in [4.78, 5) is 2.76. The minimum absolute atomic E-state index is 0.808. The van der Waals surface area contributed by atoms with E-state index >= 15 is 0 Å². The number of hydrogen-bond donors (Lipinski definition) is 0. The van der Waals surface area contributed by atoms with Gasteiger partial charge in [-0.15, -0.1) is 0 Å². The van der Waals surface area contributed by atoms with Gasteiger partial charge in [-0.2, -0.15) is 0 Å². The molecule has 1 saturated carbocycles. The molecule has 18 heavy (non-hydrogen) atoms. The van der Waals surface area contributed by atoms with Crippen molar-refractivity contribution < 1.29 is 0 Å². The lowest BCUT2D eigenvalue weighted by atomic mass is 9.88. The second-order valence-corrected chi connectivity index (χ2v) is 6.16. The molecule has 0 atom stereocenters. The largest absolute Gasteiger partial charge is 0.300 e. The van der Waals surface area contributed by atoms with Crippen LogP contribution in [0.4, 0.5) is 0 Å². The minimum atomic E-state index is 0.808. The Morgan fingerprint density at radius 1 is 1.00 bits per heavy atom. The number of rotatable bonds is 2. The van der Waals surface area contributed by atoms with Crippen LogP contribution in [0.5, 0.6) is 0 Å². The van der Waals surface area contributed by atoms with Crippen LogP contribution in [0.1, 0.15) is 55.6 Å². The average Bonchev–Trinajstić information content (AvgIpc) is 2.93. The molecule has 1 nitrogen and oxygen atoms in total. The number of likely N-dealkylation sites (tertiary alicyclic amines) is 1. The molecular weight excluding hydrogens is 218 g/mol. The number of piperidine rings is 1. The van der Waals surface area contributed by atoms with Crippen molar-refractivity contribution >= 4 is 0 Å². The van der Waals surface area contributed by atoms with Crippen molar-refractivity contribution in [3.63, 3.8) is 0 Å². The number of nitrogens with zero attached hydrogens (tertiary/aromatic N) is 1. The van der Waals surface area contributed by atoms with Crippen molar-refractivity contribution in [2.45, 2.75) is 57.4 Å². The molecule has 0 bridgehead atoms. The van der Waals surface area contributed by atoms with Gasteiger partial charge in [-0.25, -0.2) is 0 Å². The minimum Gasteiger partial charge on any atom is -0.300 e. The highest BCUT2D eigenvalue weighted by Gasteiger charge is 2.27. The third-order valence-corrected chi connectivity index (χ3v) is 4.88. The van der Waals surface area contributed by atoms with Crippen molar-refractivity contribution in [3.05, 3.63) is 35.4 Å². The van der Waals surface area contributed by atoms with E-state index in [4.69, 9.17) is 0 Å². The normalized spacial score (nSPS) is 23.6. The summed E-state index contributed by atoms with van der Waals surface area (Å²) in [5.74, 6) is 0.808. The van der Waals surface area contributed by atoms with Crippen LogP contribution in [-0.2, 0) is 0 Å². The highest BCUT2D eigenvalue weighted by molar-refractivity contribution is 5.25. The van der Waals surface area contributed by atoms with Gasteiger partial charge in [0.1, 0.15) is 0 Å². The molecule has 1 heteroatoms. The quantitative estimate of drug-likeness (QED) is 0.755. The van der Waals surface area contributed by atoms with Crippen LogP contribution in [-0.4, -0.2) is 24.0 Å². The maximum atomic E-state index is 2.76. The van der Waals surface area contributed by atoms with Crippen LogP contribution in [0.25, 0.3) is 0 Å². The van der Waals surface area contributed by atoms with Crippen molar-refractivity contribution in [2.24, 2.45) is 0 Å². The smallest absolute Gasteiger partial charge is 0.00952 e. The zero-order valence-corrected chi connectivity index (χ0v) is 11.6. The molecule has 0 radical (unpaired) electrons. The molecule has 1 saturated heterocycles. The van der Waals surface area contributed by atoms with E-state index in [2.05, 4.69) is 36.1 Å². The van der Waals surface area contributed by atoms with E-state index in [0.29, 0.717) is 0 Å². The number of benzene rings is 1. The molecule has 0 spiro atoms. The van der Waals surface area contributed by atoms with Crippen LogP contribution in [0.3, 0.4) is 0 Å². The fraction of sp³-hybridized carbons (Fsp3) is 0.647. The third-order valence-electron chi connectivity index (χ3n) is 4.88. The van der Waals surface area contributed by atoms with Crippen molar-refractivity contribution in [2.75, 3.05) is 13.1 Å². The highest BCUT2D eigenvalue weighted by atomic mass is 15.2. The number of aryl methyl sites for hydroxylation is 1. The van der Waals surface area contributed by atoms with Gasteiger partial charge >= 0.3 is 0 Å². The number of hydrogen-bond acceptors (Lipinski definition) is 1. The second kappa shape index (κ2) is 5.44. The summed E-state index contributed by atoms with van der Waals surface area (Å²) >= 11 is 0. The summed E-state index contributed by atoms with van der Waals surface area (Å²) in [5, 5.41) is 0. The summed E-state index contributed by atoms with van der Waals surface area (Å²) < 4.78 is 0. The molecule has 1 aromatic rings. The zero-order valence-electron chi connectivity index (χ0n) is 11.6. The van der Waals surface area contributed by atoms with Crippen molar-refractivity contribution in [1.29, 1.82) is 0 Å². The van der Waals surface area contributed by atoms with E-state index in [1.165, 1.54) is 57.2 Å². The van der Waals surface area contributed by atoms with Crippen molar-refractivity contribution in [3.8, 4) is 0 Å². The van der Waals surface area contributed by atoms with E-state index in [1.807, 2.05) is 0 Å². The zero-order chi connectivity index (χ0) is 12.4. The van der Waals surface area contributed by atoms with Gasteiger partial charge in [0, 0.05) is 6.04 Å². The highest BCUT2D eigenvalue weighted by Crippen LogP contribution is 2.32. The van der Waals surface area contributed by atoms with Crippen LogP contribution in [0, 0.1) is 6.92 Å². The van der Waals surface area contributed by atoms with Crippen LogP contribution < -0.4 is 0 Å². The molecule has 3 rings (SSSR count). The maximum Gasteiger partial charge on any atom is 0.00952 e. The Kier molecular flexibility index (Phi) is 3.69. The Morgan fingerprint density at radius 2 is 1.72 bits per heavy atom. The van der Waals surface area contributed by atoms with Gasteiger partial charge < -0.3 is 4.90 Å². The van der Waals surface area contributed by atoms with Gasteiger partial charge in [0.05, 0.1) is 0 Å². The summed E-state index contributed by atoms with van der Waals surface area (Å²) in [7, 11) is 0. The Bertz CT molecular complexity index is 384. The summed E-state index contributed by atoms with van der Waals surface area (Å²) in [6, 6.07) is 10.0. The van der Waals surface area contributed by atoms with Gasteiger partial charge in [-0.05, 0) is 57.2 Å². The summed E-state index contributed by atoms with van der Waals surface area (Å²) in [6.45, 7) is 4.85. The first-order chi connectivity index (χ1) is 8.83. The molecule has 2 fully saturated rings. The lowest BCUT2D eigenvalue weighted by Crippen LogP contribution is -2.39. The molecule has 1 heterocycles. The molecular formula is C17H25N. The molecule has 1 aliphatic carbocycles. The Labute approximate surface area is 111 Å². The Hall–Kier alpha value is -0.820. The first kappa shape index (κ1) is 12.2. The summed E-state index contributed by atoms with van der Waals surface area (Å²) in [5.41, 5.74) is 2.98. The second-order valence-electron chi connectivity index (χ2n) is 6.16. The maximum absolute atomic E-state index is 2.76. The van der Waals surface area contributed by atoms with Crippen LogP contribution in [0.15, 0.2) is 24.3 Å². The van der Waals surface area contributed by atoms with E-state index in [9.17, 15) is 0 Å². The molecule has 2 aliphatic rings. The standard InChI is InChI=1S/C17H25N/c1-14-5-4-6-16(13-14)15-9-11-18(12-10-15)17-7-2-3-8-17/h4-6,13,15,17H,2-3,7-12H2,1H3. The van der Waals surface area contributed by atoms with Crippen LogP contribution >= 0.6 is 0 Å². The van der Waals surface area contributed by atoms with E-state index in [0.717, 1.165) is 12.0 Å². The molecule has 98 valence electrons. The van der Waals surface area contributed by atoms with Gasteiger partial charge in [0.2, 0.25) is 0 Å². The summed E-state index contributed by atoms with van der Waals surface area (Å²) in [6.07, 6.45) is 8.55. The fourth-order valence-electron chi connectivity index (χ4n) is 3.79. The average molecular weight is 243 g/mol. The Balaban J connectivity index is 1.59. The van der Waals surface area contributed by atoms with Crippen LogP contribution in [0.2, 0.25) is 0 Å². The van der Waals surface area contributed by atoms with Crippen molar-refractivity contribution in [1.82, 2.24) is 4.90 Å². The molecule has 1 aliphatic heterocycles. The SMILES string of the molecule is Cc1cccc(C2CCN(C3CCCC3)CC2)c1. The van der Waals surface area contributed by atoms with Gasteiger partial charge in [-0.3, -0.25) is 0 Å². The van der Waals surface area contributed by atoms with Gasteiger partial charge in [0.15, 0.2) is 0 Å². The van der Waals surface area contributed by atoms with E-state index < -0.39 is 0 Å². The third kappa shape index (κ3) is 2.61. The lowest BCUT2D eigenvalue weighted by Gasteiger charge is -2.36. The Morgan fingerprint density at radius 3 is 2.39 bits per heavy atom. The van der Waals surface area contributed by atoms with E-state index in [1.54, 1.807) is 5.56 Å². The molecule has 1 aromatic carbocycles. The molecule has 0 aromatic heterocycles. The molecule has 0 amide bonds. The fourth-order valence-corrected chi connectivity index (χ4v) is 3.79. The first-order valence-electron chi connectivity index (χ1n) is 7.63. The predicted octanol–water partition coefficient (Wildman–Crippen LogP) is 4.12. The first-order valence-corrected chi connectivity index (χ1v) is 7.63.